The van der Waals surface area contributed by atoms with Crippen molar-refractivity contribution in [3.05, 3.63) is 40.8 Å². The van der Waals surface area contributed by atoms with E-state index in [1.54, 1.807) is 11.8 Å². The van der Waals surface area contributed by atoms with Gasteiger partial charge < -0.3 is 8.99 Å². The normalized spacial score (nSPS) is 13.4. The summed E-state index contributed by atoms with van der Waals surface area (Å²) in [6.45, 7) is 13.5. The van der Waals surface area contributed by atoms with Crippen LogP contribution in [0.15, 0.2) is 34.2 Å². The number of hydrogen-bond donors (Lipinski definition) is 0. The standard InChI is InChI=1S/C20H28ClN3OSSi/c1-14(12-22)18-19(26-16-10-8-9-15(21)11-16)24(5)17(23-18)13-25-27(6,7)20(2,3)4/h8-11,14H,13H2,1-7H3. The molecule has 0 amide bonds. The highest BCUT2D eigenvalue weighted by Crippen LogP contribution is 2.38. The second-order valence-electron chi connectivity index (χ2n) is 8.24. The molecule has 0 aliphatic rings. The van der Waals surface area contributed by atoms with Gasteiger partial charge in [-0.25, -0.2) is 4.98 Å². The molecule has 0 saturated heterocycles. The van der Waals surface area contributed by atoms with Crippen LogP contribution < -0.4 is 0 Å². The Bertz CT molecular complexity index is 852. The van der Waals surface area contributed by atoms with E-state index in [1.165, 1.54) is 0 Å². The summed E-state index contributed by atoms with van der Waals surface area (Å²) in [5.74, 6) is 0.556. The lowest BCUT2D eigenvalue weighted by atomic mass is 10.1. The van der Waals surface area contributed by atoms with E-state index in [0.29, 0.717) is 11.6 Å². The van der Waals surface area contributed by atoms with Crippen LogP contribution in [-0.4, -0.2) is 17.9 Å². The van der Waals surface area contributed by atoms with E-state index in [-0.39, 0.29) is 11.0 Å². The molecule has 0 N–H and O–H groups in total. The van der Waals surface area contributed by atoms with Crippen molar-refractivity contribution in [1.82, 2.24) is 9.55 Å². The molecule has 2 rings (SSSR count). The topological polar surface area (TPSA) is 50.8 Å². The van der Waals surface area contributed by atoms with Gasteiger partial charge in [0.1, 0.15) is 10.9 Å². The lowest BCUT2D eigenvalue weighted by molar-refractivity contribution is 0.263. The van der Waals surface area contributed by atoms with Crippen molar-refractivity contribution in [3.63, 3.8) is 0 Å². The number of hydrogen-bond acceptors (Lipinski definition) is 4. The highest BCUT2D eigenvalue weighted by atomic mass is 35.5. The van der Waals surface area contributed by atoms with Gasteiger partial charge in [-0.15, -0.1) is 0 Å². The minimum absolute atomic E-state index is 0.138. The Balaban J connectivity index is 2.35. The summed E-state index contributed by atoms with van der Waals surface area (Å²) in [6.07, 6.45) is 0. The van der Waals surface area contributed by atoms with E-state index in [9.17, 15) is 5.26 Å². The second-order valence-corrected chi connectivity index (χ2v) is 14.5. The van der Waals surface area contributed by atoms with Crippen molar-refractivity contribution in [1.29, 1.82) is 5.26 Å². The van der Waals surface area contributed by atoms with Crippen molar-refractivity contribution in [2.75, 3.05) is 0 Å². The van der Waals surface area contributed by atoms with E-state index in [0.717, 1.165) is 21.4 Å². The molecule has 1 atom stereocenters. The summed E-state index contributed by atoms with van der Waals surface area (Å²) in [6, 6.07) is 10.0. The van der Waals surface area contributed by atoms with Crippen LogP contribution in [0.25, 0.3) is 0 Å². The molecule has 0 spiro atoms. The zero-order valence-corrected chi connectivity index (χ0v) is 19.7. The molecule has 4 nitrogen and oxygen atoms in total. The number of imidazole rings is 1. The van der Waals surface area contributed by atoms with Crippen LogP contribution in [-0.2, 0) is 18.1 Å². The Morgan fingerprint density at radius 3 is 2.59 bits per heavy atom. The first-order chi connectivity index (χ1) is 12.5. The van der Waals surface area contributed by atoms with E-state index < -0.39 is 8.32 Å². The Kier molecular flexibility index (Phi) is 6.85. The minimum Gasteiger partial charge on any atom is -0.409 e. The average molecular weight is 422 g/mol. The van der Waals surface area contributed by atoms with Crippen LogP contribution in [0.4, 0.5) is 0 Å². The van der Waals surface area contributed by atoms with Crippen LogP contribution in [0.5, 0.6) is 0 Å². The van der Waals surface area contributed by atoms with Crippen LogP contribution in [0.2, 0.25) is 23.2 Å². The summed E-state index contributed by atoms with van der Waals surface area (Å²) in [5, 5.41) is 11.2. The number of nitrogens with zero attached hydrogens (tertiary/aromatic N) is 3. The van der Waals surface area contributed by atoms with Gasteiger partial charge in [-0.3, -0.25) is 0 Å². The molecule has 2 aromatic rings. The third-order valence-corrected chi connectivity index (χ3v) is 11.0. The Morgan fingerprint density at radius 2 is 2.04 bits per heavy atom. The van der Waals surface area contributed by atoms with Crippen LogP contribution in [0.3, 0.4) is 0 Å². The van der Waals surface area contributed by atoms with Crippen LogP contribution in [0.1, 0.15) is 45.1 Å². The summed E-state index contributed by atoms with van der Waals surface area (Å²) < 4.78 is 8.40. The molecule has 27 heavy (non-hydrogen) atoms. The molecule has 1 heterocycles. The summed E-state index contributed by atoms with van der Waals surface area (Å²) in [4.78, 5) is 5.79. The lowest BCUT2D eigenvalue weighted by Crippen LogP contribution is -2.40. The van der Waals surface area contributed by atoms with E-state index in [1.807, 2.05) is 42.8 Å². The van der Waals surface area contributed by atoms with Gasteiger partial charge in [0, 0.05) is 17.0 Å². The van der Waals surface area contributed by atoms with Crippen molar-refractivity contribution in [2.45, 2.75) is 68.3 Å². The molecule has 0 fully saturated rings. The van der Waals surface area contributed by atoms with Gasteiger partial charge in [-0.2, -0.15) is 5.26 Å². The van der Waals surface area contributed by atoms with Crippen LogP contribution in [0, 0.1) is 11.3 Å². The SMILES string of the molecule is CC(C#N)c1nc(CO[Si](C)(C)C(C)(C)C)n(C)c1Sc1cccc(Cl)c1. The molecule has 1 aromatic carbocycles. The third kappa shape index (κ3) is 5.17. The summed E-state index contributed by atoms with van der Waals surface area (Å²) in [5.41, 5.74) is 0.791. The van der Waals surface area contributed by atoms with Crippen LogP contribution >= 0.6 is 23.4 Å². The molecule has 0 bridgehead atoms. The first kappa shape index (κ1) is 22.0. The molecular formula is C20H28ClN3OSSi. The predicted octanol–water partition coefficient (Wildman–Crippen LogP) is 6.37. The number of halogens is 1. The molecule has 7 heteroatoms. The van der Waals surface area contributed by atoms with E-state index >= 15 is 0 Å². The fourth-order valence-corrected chi connectivity index (χ4v) is 4.55. The summed E-state index contributed by atoms with van der Waals surface area (Å²) in [7, 11) is 0.106. The highest BCUT2D eigenvalue weighted by molar-refractivity contribution is 7.99. The fraction of sp³-hybridized carbons (Fsp3) is 0.500. The molecule has 0 aliphatic carbocycles. The number of aromatic nitrogens is 2. The fourth-order valence-electron chi connectivity index (χ4n) is 2.25. The van der Waals surface area contributed by atoms with E-state index in [2.05, 4.69) is 39.9 Å². The maximum atomic E-state index is 9.43. The van der Waals surface area contributed by atoms with Gasteiger partial charge >= 0.3 is 0 Å². The van der Waals surface area contributed by atoms with Crippen molar-refractivity contribution >= 4 is 31.7 Å². The quantitative estimate of drug-likeness (QED) is 0.508. The van der Waals surface area contributed by atoms with Gasteiger partial charge in [0.05, 0.1) is 24.3 Å². The number of nitriles is 1. The molecule has 146 valence electrons. The van der Waals surface area contributed by atoms with Gasteiger partial charge in [-0.1, -0.05) is 50.2 Å². The Labute approximate surface area is 173 Å². The summed E-state index contributed by atoms with van der Waals surface area (Å²) >= 11 is 7.70. The number of benzene rings is 1. The Morgan fingerprint density at radius 1 is 1.37 bits per heavy atom. The van der Waals surface area contributed by atoms with Gasteiger partial charge in [0.25, 0.3) is 0 Å². The van der Waals surface area contributed by atoms with Crippen molar-refractivity contribution < 1.29 is 4.43 Å². The molecule has 1 unspecified atom stereocenters. The zero-order chi connectivity index (χ0) is 20.4. The largest absolute Gasteiger partial charge is 0.409 e. The maximum Gasteiger partial charge on any atom is 0.192 e. The van der Waals surface area contributed by atoms with Gasteiger partial charge in [0.2, 0.25) is 0 Å². The zero-order valence-electron chi connectivity index (χ0n) is 17.1. The lowest BCUT2D eigenvalue weighted by Gasteiger charge is -2.36. The second kappa shape index (κ2) is 8.40. The maximum absolute atomic E-state index is 9.43. The molecule has 1 aromatic heterocycles. The van der Waals surface area contributed by atoms with Crippen molar-refractivity contribution in [3.8, 4) is 6.07 Å². The smallest absolute Gasteiger partial charge is 0.192 e. The minimum atomic E-state index is -1.88. The predicted molar refractivity (Wildman–Crippen MR) is 115 cm³/mol. The van der Waals surface area contributed by atoms with Crippen molar-refractivity contribution in [2.24, 2.45) is 7.05 Å². The Hall–Kier alpha value is -1.26. The molecular weight excluding hydrogens is 394 g/mol. The monoisotopic (exact) mass is 421 g/mol. The molecule has 0 aliphatic heterocycles. The highest BCUT2D eigenvalue weighted by Gasteiger charge is 2.37. The van der Waals surface area contributed by atoms with E-state index in [4.69, 9.17) is 21.0 Å². The van der Waals surface area contributed by atoms with Gasteiger partial charge in [-0.05, 0) is 43.3 Å². The molecule has 0 saturated carbocycles. The first-order valence-electron chi connectivity index (χ1n) is 8.98. The molecule has 0 radical (unpaired) electrons. The third-order valence-electron chi connectivity index (χ3n) is 5.14. The van der Waals surface area contributed by atoms with Gasteiger partial charge in [0.15, 0.2) is 8.32 Å². The average Bonchev–Trinajstić information content (AvgIpc) is 2.88. The first-order valence-corrected chi connectivity index (χ1v) is 13.1. The number of rotatable bonds is 6.